The summed E-state index contributed by atoms with van der Waals surface area (Å²) >= 11 is 8.56. The number of halogens is 4. The molecule has 1 atom stereocenters. The van der Waals surface area contributed by atoms with Gasteiger partial charge in [0, 0.05) is 17.3 Å². The van der Waals surface area contributed by atoms with Gasteiger partial charge in [-0.3, -0.25) is 5.41 Å². The molecule has 0 radical (unpaired) electrons. The monoisotopic (exact) mass is 328 g/mol. The zero-order valence-electron chi connectivity index (χ0n) is 9.14. The smallest absolute Gasteiger partial charge is 0.253 e. The van der Waals surface area contributed by atoms with Gasteiger partial charge in [0.1, 0.15) is 6.10 Å². The van der Waals surface area contributed by atoms with Crippen molar-refractivity contribution in [3.8, 4) is 0 Å². The van der Waals surface area contributed by atoms with Crippen molar-refractivity contribution in [2.24, 2.45) is 4.99 Å². The minimum absolute atomic E-state index is 0.0314. The molecule has 0 aromatic rings. The summed E-state index contributed by atoms with van der Waals surface area (Å²) in [5, 5.41) is 6.64. The number of allylic oxidation sites excluding steroid dienone is 1. The third-order valence-electron chi connectivity index (χ3n) is 2.29. The Labute approximate surface area is 112 Å². The van der Waals surface area contributed by atoms with E-state index < -0.39 is 23.7 Å². The molecule has 0 saturated carbocycles. The molecule has 0 amide bonds. The van der Waals surface area contributed by atoms with Gasteiger partial charge in [-0.05, 0) is 34.5 Å². The standard InChI is InChI=1S/C10H12BrClF2N2O/c1-2-6(11)8(16-9(12)15)7-5-10(13,14)3-4-17-7/h2,7,15H,3-5H2,1H3/b6-2+,15-9?,16-8?. The zero-order valence-corrected chi connectivity index (χ0v) is 11.5. The van der Waals surface area contributed by atoms with Gasteiger partial charge < -0.3 is 4.74 Å². The first kappa shape index (κ1) is 14.7. The number of hydrogen-bond acceptors (Lipinski definition) is 2. The van der Waals surface area contributed by atoms with Crippen molar-refractivity contribution in [1.29, 1.82) is 5.41 Å². The largest absolute Gasteiger partial charge is 0.371 e. The molecule has 0 aromatic carbocycles. The molecular weight excluding hydrogens is 317 g/mol. The van der Waals surface area contributed by atoms with Crippen LogP contribution in [0.25, 0.3) is 0 Å². The van der Waals surface area contributed by atoms with Gasteiger partial charge >= 0.3 is 0 Å². The van der Waals surface area contributed by atoms with Crippen LogP contribution in [0.15, 0.2) is 15.6 Å². The molecule has 1 aliphatic heterocycles. The molecule has 0 aliphatic carbocycles. The topological polar surface area (TPSA) is 45.4 Å². The number of hydrogen-bond donors (Lipinski definition) is 1. The minimum atomic E-state index is -2.76. The Morgan fingerprint density at radius 1 is 1.65 bits per heavy atom. The van der Waals surface area contributed by atoms with E-state index in [0.717, 1.165) is 0 Å². The summed E-state index contributed by atoms with van der Waals surface area (Å²) in [6.45, 7) is 1.69. The molecule has 0 spiro atoms. The number of aliphatic imine (C=N–C) groups is 1. The van der Waals surface area contributed by atoms with Crippen LogP contribution in [0.4, 0.5) is 8.78 Å². The van der Waals surface area contributed by atoms with Crippen LogP contribution in [-0.4, -0.2) is 29.6 Å². The van der Waals surface area contributed by atoms with Crippen molar-refractivity contribution >= 4 is 38.5 Å². The van der Waals surface area contributed by atoms with Crippen molar-refractivity contribution in [2.45, 2.75) is 31.8 Å². The molecule has 0 aromatic heterocycles. The number of rotatable bonds is 2. The second-order valence-corrected chi connectivity index (χ2v) is 4.81. The summed E-state index contributed by atoms with van der Waals surface area (Å²) < 4.78 is 32.3. The maximum Gasteiger partial charge on any atom is 0.253 e. The first-order valence-electron chi connectivity index (χ1n) is 5.00. The third-order valence-corrected chi connectivity index (χ3v) is 3.24. The number of nitrogens with zero attached hydrogens (tertiary/aromatic N) is 1. The van der Waals surface area contributed by atoms with Gasteiger partial charge in [-0.2, -0.15) is 0 Å². The average molecular weight is 330 g/mol. The summed E-state index contributed by atoms with van der Waals surface area (Å²) in [4.78, 5) is 3.73. The van der Waals surface area contributed by atoms with Crippen LogP contribution in [0.3, 0.4) is 0 Å². The average Bonchev–Trinajstić information content (AvgIpc) is 2.23. The predicted molar refractivity (Wildman–Crippen MR) is 67.6 cm³/mol. The van der Waals surface area contributed by atoms with Crippen molar-refractivity contribution in [3.63, 3.8) is 0 Å². The fourth-order valence-electron chi connectivity index (χ4n) is 1.49. The lowest BCUT2D eigenvalue weighted by molar-refractivity contribution is -0.108. The van der Waals surface area contributed by atoms with Crippen LogP contribution in [-0.2, 0) is 4.74 Å². The highest BCUT2D eigenvalue weighted by atomic mass is 79.9. The van der Waals surface area contributed by atoms with Gasteiger partial charge in [0.15, 0.2) is 0 Å². The van der Waals surface area contributed by atoms with Gasteiger partial charge in [0.25, 0.3) is 5.92 Å². The Morgan fingerprint density at radius 3 is 2.76 bits per heavy atom. The Hall–Kier alpha value is -0.330. The molecule has 1 aliphatic rings. The molecule has 17 heavy (non-hydrogen) atoms. The number of alkyl halides is 2. The van der Waals surface area contributed by atoms with Gasteiger partial charge in [0.05, 0.1) is 12.3 Å². The molecule has 7 heteroatoms. The SMILES string of the molecule is C/C=C(/Br)C(=NC(=N)Cl)C1CC(F)(F)CCO1. The van der Waals surface area contributed by atoms with Crippen LogP contribution in [0.5, 0.6) is 0 Å². The Morgan fingerprint density at radius 2 is 2.29 bits per heavy atom. The van der Waals surface area contributed by atoms with Crippen molar-refractivity contribution in [2.75, 3.05) is 6.61 Å². The first-order chi connectivity index (χ1) is 7.85. The van der Waals surface area contributed by atoms with Gasteiger partial charge in [-0.1, -0.05) is 6.08 Å². The van der Waals surface area contributed by atoms with E-state index in [-0.39, 0.29) is 18.7 Å². The second-order valence-electron chi connectivity index (χ2n) is 3.59. The Balaban J connectivity index is 2.95. The summed E-state index contributed by atoms with van der Waals surface area (Å²) in [6, 6.07) is 0. The molecule has 1 heterocycles. The Bertz CT molecular complexity index is 371. The molecule has 1 rings (SSSR count). The van der Waals surface area contributed by atoms with Gasteiger partial charge in [0.2, 0.25) is 5.29 Å². The normalized spacial score (nSPS) is 25.8. The fraction of sp³-hybridized carbons (Fsp3) is 0.600. The molecule has 1 saturated heterocycles. The van der Waals surface area contributed by atoms with Crippen LogP contribution >= 0.6 is 27.5 Å². The summed E-state index contributed by atoms with van der Waals surface area (Å²) in [5.74, 6) is -2.76. The van der Waals surface area contributed by atoms with E-state index in [1.807, 2.05) is 0 Å². The molecule has 3 nitrogen and oxygen atoms in total. The van der Waals surface area contributed by atoms with E-state index >= 15 is 0 Å². The molecule has 1 unspecified atom stereocenters. The number of ether oxygens (including phenoxy) is 1. The maximum absolute atomic E-state index is 13.3. The maximum atomic E-state index is 13.3. The highest BCUT2D eigenvalue weighted by Crippen LogP contribution is 2.32. The zero-order chi connectivity index (χ0) is 13.1. The quantitative estimate of drug-likeness (QED) is 0.468. The molecule has 96 valence electrons. The molecule has 1 fully saturated rings. The van der Waals surface area contributed by atoms with E-state index in [1.54, 1.807) is 13.0 Å². The van der Waals surface area contributed by atoms with Crippen LogP contribution in [0.2, 0.25) is 0 Å². The van der Waals surface area contributed by atoms with Crippen molar-refractivity contribution in [3.05, 3.63) is 10.6 Å². The lowest BCUT2D eigenvalue weighted by atomic mass is 10.0. The van der Waals surface area contributed by atoms with E-state index in [2.05, 4.69) is 20.9 Å². The molecule has 0 bridgehead atoms. The minimum Gasteiger partial charge on any atom is -0.371 e. The van der Waals surface area contributed by atoms with E-state index in [4.69, 9.17) is 21.7 Å². The number of amidine groups is 1. The van der Waals surface area contributed by atoms with Crippen molar-refractivity contribution < 1.29 is 13.5 Å². The molecular formula is C10H12BrClF2N2O. The Kier molecular flexibility index (Phi) is 5.22. The fourth-order valence-corrected chi connectivity index (χ4v) is 1.93. The summed E-state index contributed by atoms with van der Waals surface area (Å²) in [6.07, 6.45) is 0.0689. The predicted octanol–water partition coefficient (Wildman–Crippen LogP) is 3.71. The highest BCUT2D eigenvalue weighted by molar-refractivity contribution is 9.12. The van der Waals surface area contributed by atoms with Crippen LogP contribution in [0, 0.1) is 5.41 Å². The van der Waals surface area contributed by atoms with Crippen LogP contribution in [0.1, 0.15) is 19.8 Å². The third kappa shape index (κ3) is 4.44. The lowest BCUT2D eigenvalue weighted by Gasteiger charge is -2.30. The summed E-state index contributed by atoms with van der Waals surface area (Å²) in [7, 11) is 0. The highest BCUT2D eigenvalue weighted by Gasteiger charge is 2.39. The van der Waals surface area contributed by atoms with E-state index in [1.165, 1.54) is 0 Å². The van der Waals surface area contributed by atoms with E-state index in [9.17, 15) is 8.78 Å². The second kappa shape index (κ2) is 6.02. The lowest BCUT2D eigenvalue weighted by Crippen LogP contribution is -2.39. The van der Waals surface area contributed by atoms with Gasteiger partial charge in [-0.25, -0.2) is 13.8 Å². The van der Waals surface area contributed by atoms with Crippen LogP contribution < -0.4 is 0 Å². The number of nitrogens with one attached hydrogen (secondary N) is 1. The first-order valence-corrected chi connectivity index (χ1v) is 6.17. The molecule has 1 N–H and O–H groups in total. The van der Waals surface area contributed by atoms with Crippen molar-refractivity contribution in [1.82, 2.24) is 0 Å². The van der Waals surface area contributed by atoms with Gasteiger partial charge in [-0.15, -0.1) is 0 Å². The summed E-state index contributed by atoms with van der Waals surface area (Å²) in [5.41, 5.74) is 0.229. The van der Waals surface area contributed by atoms with E-state index in [0.29, 0.717) is 4.48 Å².